The first-order valence-corrected chi connectivity index (χ1v) is 21.3. The maximum atomic E-state index is 4.26. The Bertz CT molecular complexity index is 3220. The van der Waals surface area contributed by atoms with Crippen molar-refractivity contribution in [3.63, 3.8) is 0 Å². The molecule has 61 heavy (non-hydrogen) atoms. The van der Waals surface area contributed by atoms with Gasteiger partial charge in [0, 0.05) is 22.3 Å². The smallest absolute Gasteiger partial charge is 0.0537 e. The Morgan fingerprint density at radius 1 is 0.541 bits per heavy atom. The van der Waals surface area contributed by atoms with Crippen molar-refractivity contribution in [3.05, 3.63) is 235 Å². The van der Waals surface area contributed by atoms with E-state index in [1.165, 1.54) is 111 Å². The Morgan fingerprint density at radius 2 is 1.11 bits per heavy atom. The molecule has 1 nitrogen and oxygen atoms in total. The van der Waals surface area contributed by atoms with Gasteiger partial charge < -0.3 is 4.57 Å². The summed E-state index contributed by atoms with van der Waals surface area (Å²) < 4.78 is 2.50. The molecule has 1 aliphatic rings. The van der Waals surface area contributed by atoms with Crippen LogP contribution in [0.15, 0.2) is 207 Å². The number of hydrogen-bond donors (Lipinski definition) is 0. The Kier molecular flexibility index (Phi) is 9.87. The molecule has 0 bridgehead atoms. The van der Waals surface area contributed by atoms with Gasteiger partial charge in [0.15, 0.2) is 0 Å². The molecule has 0 spiro atoms. The van der Waals surface area contributed by atoms with Crippen molar-refractivity contribution in [1.82, 2.24) is 4.57 Å². The van der Waals surface area contributed by atoms with Crippen LogP contribution in [0.3, 0.4) is 0 Å². The summed E-state index contributed by atoms with van der Waals surface area (Å²) in [6.45, 7) is 12.5. The van der Waals surface area contributed by atoms with Gasteiger partial charge in [-0.3, -0.25) is 0 Å². The Balaban J connectivity index is 1.05. The molecule has 1 aromatic heterocycles. The second-order valence-corrected chi connectivity index (χ2v) is 16.1. The zero-order valence-electron chi connectivity index (χ0n) is 34.8. The van der Waals surface area contributed by atoms with E-state index in [-0.39, 0.29) is 0 Å². The van der Waals surface area contributed by atoms with Gasteiger partial charge in [-0.05, 0) is 145 Å². The summed E-state index contributed by atoms with van der Waals surface area (Å²) in [4.78, 5) is 0. The van der Waals surface area contributed by atoms with Crippen molar-refractivity contribution in [2.24, 2.45) is 0 Å². The second-order valence-electron chi connectivity index (χ2n) is 16.1. The monoisotopic (exact) mass is 781 g/mol. The van der Waals surface area contributed by atoms with Crippen LogP contribution in [0.4, 0.5) is 0 Å². The molecule has 9 aromatic rings. The Hall–Kier alpha value is -7.48. The molecule has 1 aliphatic carbocycles. The maximum absolute atomic E-state index is 4.26. The average Bonchev–Trinajstić information content (AvgIpc) is 3.66. The van der Waals surface area contributed by atoms with E-state index in [0.29, 0.717) is 0 Å². The lowest BCUT2D eigenvalue weighted by Crippen LogP contribution is -2.05. The zero-order chi connectivity index (χ0) is 41.5. The largest absolute Gasteiger partial charge is 0.313 e. The summed E-state index contributed by atoms with van der Waals surface area (Å²) in [6, 6.07) is 62.4. The van der Waals surface area contributed by atoms with Crippen molar-refractivity contribution in [3.8, 4) is 39.1 Å². The molecule has 292 valence electrons. The topological polar surface area (TPSA) is 4.93 Å². The van der Waals surface area contributed by atoms with Crippen LogP contribution in [0.25, 0.3) is 94.8 Å². The minimum Gasteiger partial charge on any atom is -0.313 e. The van der Waals surface area contributed by atoms with E-state index < -0.39 is 0 Å². The highest BCUT2D eigenvalue weighted by Gasteiger charge is 2.23. The summed E-state index contributed by atoms with van der Waals surface area (Å²) in [5, 5.41) is 6.37. The quantitative estimate of drug-likeness (QED) is 0.102. The van der Waals surface area contributed by atoms with E-state index in [9.17, 15) is 0 Å². The number of nitrogens with zero attached hydrogens (tertiary/aromatic N) is 1. The molecular weight excluding hydrogens is 735 g/mol. The van der Waals surface area contributed by atoms with Gasteiger partial charge >= 0.3 is 0 Å². The molecule has 0 unspecified atom stereocenters. The standard InChI is InChI=1S/C60H47N/c1-5-7-19-40(3)41(4)49-29-18-30-50(48(49)6-2)46-23-17-22-44(38-46)45-34-37-58-56(39-45)51-24-15-16-31-57(51)61(58)47-35-32-43(33-36-47)60-54-27-13-11-25-52(54)59(42-20-9-8-10-21-42)53-26-12-14-28-55(53)60/h5-33,35-36,38-39H,1-2,34,37H2,3-4H3/b19-7-,41-40+. The molecule has 0 amide bonds. The fraction of sp³-hybridized carbons (Fsp3) is 0.0667. The van der Waals surface area contributed by atoms with Gasteiger partial charge in [0.1, 0.15) is 0 Å². The third-order valence-electron chi connectivity index (χ3n) is 12.7. The first kappa shape index (κ1) is 37.8. The molecule has 0 N–H and O–H groups in total. The number of aromatic nitrogens is 1. The van der Waals surface area contributed by atoms with E-state index in [1.54, 1.807) is 0 Å². The molecule has 0 radical (unpaired) electrons. The van der Waals surface area contributed by atoms with Crippen LogP contribution < -0.4 is 0 Å². The molecule has 0 aliphatic heterocycles. The van der Waals surface area contributed by atoms with Gasteiger partial charge in [0.2, 0.25) is 0 Å². The first-order chi connectivity index (χ1) is 30.0. The number of fused-ring (bicyclic) bond motifs is 5. The molecule has 1 heterocycles. The number of para-hydroxylation sites is 1. The van der Waals surface area contributed by atoms with Gasteiger partial charge in [-0.15, -0.1) is 0 Å². The normalized spacial score (nSPS) is 13.0. The van der Waals surface area contributed by atoms with Crippen LogP contribution in [0, 0.1) is 0 Å². The lowest BCUT2D eigenvalue weighted by molar-refractivity contribution is 0.898. The SMILES string of the molecule is C=C/C=C\C(C)=C(/C)c1cccc(-c2cccc(C3=Cc4c(n(-c5ccc(-c6c7ccccc7c(-c7ccccc7)c7ccccc67)cc5)c5ccccc45)CC3)c2)c1C=C. The fourth-order valence-corrected chi connectivity index (χ4v) is 9.68. The number of benzene rings is 8. The summed E-state index contributed by atoms with van der Waals surface area (Å²) in [5.74, 6) is 0. The molecule has 0 fully saturated rings. The Labute approximate surface area is 359 Å². The van der Waals surface area contributed by atoms with Crippen molar-refractivity contribution < 1.29 is 0 Å². The lowest BCUT2D eigenvalue weighted by Gasteiger charge is -2.20. The lowest BCUT2D eigenvalue weighted by atomic mass is 9.86. The van der Waals surface area contributed by atoms with Crippen LogP contribution in [0.5, 0.6) is 0 Å². The molecule has 0 saturated heterocycles. The summed E-state index contributed by atoms with van der Waals surface area (Å²) >= 11 is 0. The highest BCUT2D eigenvalue weighted by molar-refractivity contribution is 6.21. The van der Waals surface area contributed by atoms with E-state index in [2.05, 4.69) is 214 Å². The summed E-state index contributed by atoms with van der Waals surface area (Å²) in [6.07, 6.45) is 12.3. The van der Waals surface area contributed by atoms with Crippen LogP contribution in [0.2, 0.25) is 0 Å². The first-order valence-electron chi connectivity index (χ1n) is 21.3. The average molecular weight is 782 g/mol. The molecule has 8 aromatic carbocycles. The molecule has 0 atom stereocenters. The number of allylic oxidation sites excluding steroid dienone is 6. The minimum atomic E-state index is 0.951. The van der Waals surface area contributed by atoms with Crippen LogP contribution in [-0.4, -0.2) is 4.57 Å². The fourth-order valence-electron chi connectivity index (χ4n) is 9.68. The maximum Gasteiger partial charge on any atom is 0.0537 e. The van der Waals surface area contributed by atoms with Gasteiger partial charge in [-0.2, -0.15) is 0 Å². The zero-order valence-corrected chi connectivity index (χ0v) is 34.8. The van der Waals surface area contributed by atoms with Crippen LogP contribution in [-0.2, 0) is 6.42 Å². The molecule has 1 heteroatoms. The number of hydrogen-bond acceptors (Lipinski definition) is 0. The molecular formula is C60H47N. The number of rotatable bonds is 9. The highest BCUT2D eigenvalue weighted by atomic mass is 15.0. The van der Waals surface area contributed by atoms with Gasteiger partial charge in [-0.1, -0.05) is 183 Å². The van der Waals surface area contributed by atoms with Crippen molar-refractivity contribution in [2.75, 3.05) is 0 Å². The van der Waals surface area contributed by atoms with E-state index in [4.69, 9.17) is 0 Å². The van der Waals surface area contributed by atoms with Gasteiger partial charge in [-0.25, -0.2) is 0 Å². The van der Waals surface area contributed by atoms with Gasteiger partial charge in [0.05, 0.1) is 5.52 Å². The van der Waals surface area contributed by atoms with Crippen LogP contribution in [0.1, 0.15) is 48.2 Å². The predicted molar refractivity (Wildman–Crippen MR) is 265 cm³/mol. The minimum absolute atomic E-state index is 0.951. The Morgan fingerprint density at radius 3 is 1.77 bits per heavy atom. The van der Waals surface area contributed by atoms with Crippen molar-refractivity contribution >= 4 is 55.7 Å². The third kappa shape index (κ3) is 6.60. The summed E-state index contributed by atoms with van der Waals surface area (Å²) in [5.41, 5.74) is 20.0. The molecule has 10 rings (SSSR count). The van der Waals surface area contributed by atoms with Crippen molar-refractivity contribution in [2.45, 2.75) is 26.7 Å². The second kappa shape index (κ2) is 15.9. The van der Waals surface area contributed by atoms with E-state index in [0.717, 1.165) is 18.4 Å². The molecule has 0 saturated carbocycles. The van der Waals surface area contributed by atoms with Crippen molar-refractivity contribution in [1.29, 1.82) is 0 Å². The van der Waals surface area contributed by atoms with E-state index in [1.807, 2.05) is 18.2 Å². The van der Waals surface area contributed by atoms with Gasteiger partial charge in [0.25, 0.3) is 0 Å². The predicted octanol–water partition coefficient (Wildman–Crippen LogP) is 16.6. The summed E-state index contributed by atoms with van der Waals surface area (Å²) in [7, 11) is 0. The van der Waals surface area contributed by atoms with E-state index >= 15 is 0 Å². The third-order valence-corrected chi connectivity index (χ3v) is 12.7. The highest BCUT2D eigenvalue weighted by Crippen LogP contribution is 2.45. The van der Waals surface area contributed by atoms with Crippen LogP contribution >= 0.6 is 0 Å².